The first-order valence-electron chi connectivity index (χ1n) is 27.2. The summed E-state index contributed by atoms with van der Waals surface area (Å²) in [6.45, 7) is 12.5. The van der Waals surface area contributed by atoms with E-state index in [4.69, 9.17) is 28.4 Å². The maximum Gasteiger partial charge on any atom is 0.329 e. The molecule has 75 heavy (non-hydrogen) atoms. The fraction of sp³-hybridized carbons (Fsp3) is 0.754. The third-order valence-electron chi connectivity index (χ3n) is 15.9. The minimum Gasteiger partial charge on any atom is -0.460 e. The van der Waals surface area contributed by atoms with Crippen LogP contribution in [-0.4, -0.2) is 181 Å². The molecule has 4 aliphatic rings. The van der Waals surface area contributed by atoms with Gasteiger partial charge in [0, 0.05) is 71.6 Å². The van der Waals surface area contributed by atoms with Gasteiger partial charge in [-0.15, -0.1) is 0 Å². The highest BCUT2D eigenvalue weighted by Gasteiger charge is 2.53. The molecule has 3 aliphatic heterocycles. The van der Waals surface area contributed by atoms with Crippen LogP contribution in [0.15, 0.2) is 47.6 Å². The number of cyclic esters (lactones) is 1. The van der Waals surface area contributed by atoms with Crippen molar-refractivity contribution in [2.24, 2.45) is 35.5 Å². The molecule has 0 radical (unpaired) electrons. The van der Waals surface area contributed by atoms with E-state index in [-0.39, 0.29) is 75.6 Å². The molecular formula is C57H90N2O16. The van der Waals surface area contributed by atoms with Crippen molar-refractivity contribution in [2.75, 3.05) is 60.7 Å². The summed E-state index contributed by atoms with van der Waals surface area (Å²) < 4.78 is 35.6. The molecule has 4 rings (SSSR count). The number of allylic oxidation sites excluding steroid dienone is 6. The van der Waals surface area contributed by atoms with E-state index in [1.165, 1.54) is 19.1 Å². The second kappa shape index (κ2) is 30.8. The number of hydrogen-bond donors (Lipinski definition) is 4. The Morgan fingerprint density at radius 3 is 2.21 bits per heavy atom. The zero-order valence-electron chi connectivity index (χ0n) is 46.4. The fourth-order valence-electron chi connectivity index (χ4n) is 11.2. The number of methoxy groups -OCH3 is 3. The van der Waals surface area contributed by atoms with E-state index in [0.717, 1.165) is 5.57 Å². The molecule has 15 atom stereocenters. The van der Waals surface area contributed by atoms with Crippen molar-refractivity contribution >= 4 is 35.2 Å². The van der Waals surface area contributed by atoms with Gasteiger partial charge in [0.05, 0.1) is 38.1 Å². The molecule has 0 unspecified atom stereocenters. The number of Topliss-reactive ketones (excluding diaryl/α,β-unsaturated/α-hetero) is 3. The molecule has 0 aromatic carbocycles. The second-order valence-corrected chi connectivity index (χ2v) is 21.8. The SMILES string of the molecule is CO[C@H]1C[C@@H]2CC[C@@H](C)[C@@](O)(O2)C(=O)C(=O)N2CCCC[C@H]2C(=O)O[C@H]([C@H](C)C[C@@H]2CC[C@@H](OC(=O)CN(CCO)CCO)[C@H](OC)C2)CC(=O)[C@H](C)/C=C(\C)[C@@H](O)[C@@H](OC)C(=O)[C@H](C)C[C@H](C)/C=C/C=C/C=C/1C. The Bertz CT molecular complexity index is 2010. The number of esters is 2. The van der Waals surface area contributed by atoms with Crippen LogP contribution in [0.4, 0.5) is 0 Å². The van der Waals surface area contributed by atoms with Crippen LogP contribution in [0, 0.1) is 35.5 Å². The van der Waals surface area contributed by atoms with Gasteiger partial charge in [-0.25, -0.2) is 4.79 Å². The van der Waals surface area contributed by atoms with E-state index in [2.05, 4.69) is 0 Å². The monoisotopic (exact) mass is 1060 g/mol. The summed E-state index contributed by atoms with van der Waals surface area (Å²) in [5.41, 5.74) is 1.22. The number of ketones is 3. The average molecular weight is 1060 g/mol. The lowest BCUT2D eigenvalue weighted by Crippen LogP contribution is -2.61. The van der Waals surface area contributed by atoms with Crippen molar-refractivity contribution < 1.29 is 77.6 Å². The van der Waals surface area contributed by atoms with Crippen LogP contribution in [0.5, 0.6) is 0 Å². The average Bonchev–Trinajstić information content (AvgIpc) is 3.38. The number of fused-ring (bicyclic) bond motifs is 3. The number of amides is 1. The molecule has 1 amide bonds. The standard InChI is InChI=1S/C57H90N2O16/c1-35-16-12-11-13-17-36(2)47(70-8)32-43-21-19-41(7)57(69,75-43)54(66)55(67)59-23-15-14-18-44(59)56(68)74-48(33-45(62)37(3)29-40(6)52(65)53(72-10)51(64)39(5)28-35)38(4)30-42-20-22-46(49(31-42)71-9)73-50(63)34-58(24-26-60)25-27-61/h11-13,16-17,29,35,37-39,41-44,46-49,52-53,60-61,65,69H,14-15,18-28,30-34H2,1-10H3/b13-11+,16-12+,36-17+,40-29+/t35-,37-,38-,39-,41-,42+,43+,44+,46-,47+,48+,49-,52-,53+,57-/m1/s1. The van der Waals surface area contributed by atoms with E-state index in [0.29, 0.717) is 69.8 Å². The van der Waals surface area contributed by atoms with Gasteiger partial charge in [0.2, 0.25) is 5.79 Å². The van der Waals surface area contributed by atoms with Crippen molar-refractivity contribution in [3.8, 4) is 0 Å². The summed E-state index contributed by atoms with van der Waals surface area (Å²) in [5, 5.41) is 42.4. The van der Waals surface area contributed by atoms with E-state index in [1.807, 2.05) is 51.2 Å². The molecule has 2 saturated heterocycles. The lowest BCUT2D eigenvalue weighted by molar-refractivity contribution is -0.265. The topological polar surface area (TPSA) is 245 Å². The normalized spacial score (nSPS) is 36.6. The molecule has 1 saturated carbocycles. The van der Waals surface area contributed by atoms with Gasteiger partial charge in [-0.2, -0.15) is 0 Å². The zero-order chi connectivity index (χ0) is 55.6. The number of aliphatic hydroxyl groups excluding tert-OH is 3. The van der Waals surface area contributed by atoms with Crippen LogP contribution in [0.2, 0.25) is 0 Å². The lowest BCUT2D eigenvalue weighted by Gasteiger charge is -2.42. The molecule has 18 nitrogen and oxygen atoms in total. The second-order valence-electron chi connectivity index (χ2n) is 21.8. The number of rotatable bonds is 13. The molecular weight excluding hydrogens is 969 g/mol. The smallest absolute Gasteiger partial charge is 0.329 e. The number of carbonyl (C=O) groups is 6. The Balaban J connectivity index is 1.67. The largest absolute Gasteiger partial charge is 0.460 e. The summed E-state index contributed by atoms with van der Waals surface area (Å²) in [4.78, 5) is 87.1. The summed E-state index contributed by atoms with van der Waals surface area (Å²) in [7, 11) is 4.47. The first-order valence-corrected chi connectivity index (χ1v) is 27.2. The van der Waals surface area contributed by atoms with Crippen LogP contribution in [0.3, 0.4) is 0 Å². The van der Waals surface area contributed by atoms with Crippen LogP contribution in [0.25, 0.3) is 0 Å². The first-order chi connectivity index (χ1) is 35.6. The first kappa shape index (κ1) is 63.6. The van der Waals surface area contributed by atoms with Crippen molar-refractivity contribution in [3.63, 3.8) is 0 Å². The van der Waals surface area contributed by atoms with Gasteiger partial charge in [-0.05, 0) is 107 Å². The fourth-order valence-corrected chi connectivity index (χ4v) is 11.2. The molecule has 0 aromatic heterocycles. The number of hydrogen-bond acceptors (Lipinski definition) is 17. The predicted molar refractivity (Wildman–Crippen MR) is 280 cm³/mol. The molecule has 0 aromatic rings. The van der Waals surface area contributed by atoms with Crippen LogP contribution in [0.1, 0.15) is 126 Å². The number of ether oxygens (including phenoxy) is 6. The third-order valence-corrected chi connectivity index (χ3v) is 15.9. The van der Waals surface area contributed by atoms with Crippen LogP contribution < -0.4 is 0 Å². The van der Waals surface area contributed by atoms with Crippen molar-refractivity contribution in [3.05, 3.63) is 47.6 Å². The van der Waals surface area contributed by atoms with Crippen molar-refractivity contribution in [1.29, 1.82) is 0 Å². The number of nitrogens with zero attached hydrogens (tertiary/aromatic N) is 2. The van der Waals surface area contributed by atoms with Crippen LogP contribution >= 0.6 is 0 Å². The number of carbonyl (C=O) groups excluding carboxylic acids is 6. The number of piperidine rings is 1. The van der Waals surface area contributed by atoms with E-state index >= 15 is 0 Å². The minimum atomic E-state index is -2.47. The maximum absolute atomic E-state index is 14.6. The van der Waals surface area contributed by atoms with Gasteiger partial charge in [0.1, 0.15) is 36.2 Å². The van der Waals surface area contributed by atoms with Gasteiger partial charge in [0.15, 0.2) is 5.78 Å². The van der Waals surface area contributed by atoms with Gasteiger partial charge in [0.25, 0.3) is 11.7 Å². The summed E-state index contributed by atoms with van der Waals surface area (Å²) in [5.74, 6) is -9.03. The van der Waals surface area contributed by atoms with E-state index < -0.39 is 102 Å². The maximum atomic E-state index is 14.6. The summed E-state index contributed by atoms with van der Waals surface area (Å²) in [6, 6.07) is -1.19. The van der Waals surface area contributed by atoms with Crippen LogP contribution in [-0.2, 0) is 57.2 Å². The Morgan fingerprint density at radius 2 is 1.56 bits per heavy atom. The molecule has 1 aliphatic carbocycles. The quantitative estimate of drug-likeness (QED) is 0.108. The van der Waals surface area contributed by atoms with E-state index in [9.17, 15) is 49.2 Å². The molecule has 0 spiro atoms. The Morgan fingerprint density at radius 1 is 0.853 bits per heavy atom. The zero-order valence-corrected chi connectivity index (χ0v) is 46.4. The lowest BCUT2D eigenvalue weighted by atomic mass is 9.78. The Labute approximate surface area is 445 Å². The molecule has 3 heterocycles. The highest BCUT2D eigenvalue weighted by atomic mass is 16.6. The molecule has 18 heteroatoms. The third kappa shape index (κ3) is 18.0. The highest BCUT2D eigenvalue weighted by molar-refractivity contribution is 6.39. The minimum absolute atomic E-state index is 0.00534. The van der Waals surface area contributed by atoms with Gasteiger partial charge in [-0.3, -0.25) is 28.9 Å². The summed E-state index contributed by atoms with van der Waals surface area (Å²) >= 11 is 0. The Kier molecular flexibility index (Phi) is 26.1. The predicted octanol–water partition coefficient (Wildman–Crippen LogP) is 5.02. The Hall–Kier alpha value is -3.98. The van der Waals surface area contributed by atoms with Gasteiger partial charge in [-0.1, -0.05) is 71.1 Å². The van der Waals surface area contributed by atoms with Gasteiger partial charge >= 0.3 is 11.9 Å². The van der Waals surface area contributed by atoms with E-state index in [1.54, 1.807) is 45.8 Å². The molecule has 4 N–H and O–H groups in total. The molecule has 424 valence electrons. The summed E-state index contributed by atoms with van der Waals surface area (Å²) in [6.07, 6.45) is 10.2. The van der Waals surface area contributed by atoms with Gasteiger partial charge < -0.3 is 53.7 Å². The molecule has 3 fully saturated rings. The number of aliphatic hydroxyl groups is 4. The van der Waals surface area contributed by atoms with Crippen molar-refractivity contribution in [1.82, 2.24) is 9.80 Å². The van der Waals surface area contributed by atoms with Crippen molar-refractivity contribution in [2.45, 2.75) is 180 Å². The molecule has 2 bridgehead atoms. The highest BCUT2D eigenvalue weighted by Crippen LogP contribution is 2.38.